The third kappa shape index (κ3) is 5.33. The van der Waals surface area contributed by atoms with Crippen LogP contribution in [0.1, 0.15) is 23.2 Å². The van der Waals surface area contributed by atoms with Crippen LogP contribution in [0.4, 0.5) is 28.4 Å². The van der Waals surface area contributed by atoms with E-state index >= 15 is 0 Å². The molecule has 1 fully saturated rings. The first kappa shape index (κ1) is 22.0. The summed E-state index contributed by atoms with van der Waals surface area (Å²) in [6.07, 6.45) is 1.34. The highest BCUT2D eigenvalue weighted by Gasteiger charge is 2.17. The summed E-state index contributed by atoms with van der Waals surface area (Å²) in [7, 11) is 1.88. The number of hydrogen-bond donors (Lipinski definition) is 4. The molecule has 1 aliphatic rings. The first-order valence-corrected chi connectivity index (χ1v) is 11.1. The number of nitrogens with one attached hydrogen (secondary N) is 3. The Balaban J connectivity index is 1.38. The molecule has 0 aliphatic carbocycles. The molecule has 1 aliphatic heterocycles. The maximum absolute atomic E-state index is 12.7. The fraction of sp³-hybridized carbons (Fsp3) is 0.240. The van der Waals surface area contributed by atoms with Crippen molar-refractivity contribution in [1.29, 1.82) is 0 Å². The number of piperidine rings is 1. The molecule has 0 aromatic heterocycles. The number of aliphatic hydroxyl groups is 1. The Kier molecular flexibility index (Phi) is 6.83. The molecule has 3 aromatic rings. The highest BCUT2D eigenvalue weighted by molar-refractivity contribution is 6.33. The zero-order chi connectivity index (χ0) is 22.5. The molecular weight excluding hydrogens is 424 g/mol. The summed E-state index contributed by atoms with van der Waals surface area (Å²) in [5.74, 6) is -0.190. The second-order valence-electron chi connectivity index (χ2n) is 7.87. The zero-order valence-electron chi connectivity index (χ0n) is 17.9. The topological polar surface area (TPSA) is 76.6 Å². The van der Waals surface area contributed by atoms with Crippen LogP contribution in [-0.2, 0) is 0 Å². The van der Waals surface area contributed by atoms with E-state index in [9.17, 15) is 9.90 Å². The molecule has 0 bridgehead atoms. The summed E-state index contributed by atoms with van der Waals surface area (Å²) < 4.78 is 0. The summed E-state index contributed by atoms with van der Waals surface area (Å²) in [6, 6.07) is 20.8. The Morgan fingerprint density at radius 2 is 1.56 bits per heavy atom. The standard InChI is InChI=1S/C25H27ClN4O2/c1-27-18-4-6-19(7-5-18)28-24-11-8-20(16-23(24)26)29-25(32)17-2-9-21(10-3-17)30-14-12-22(31)13-15-30/h2-11,16,22,27-28,31H,12-15H2,1H3,(H,29,32). The second-order valence-corrected chi connectivity index (χ2v) is 8.27. The molecule has 32 heavy (non-hydrogen) atoms. The third-order valence-corrected chi connectivity index (χ3v) is 5.95. The highest BCUT2D eigenvalue weighted by atomic mass is 35.5. The number of halogens is 1. The normalized spacial score (nSPS) is 14.2. The van der Waals surface area contributed by atoms with Crippen LogP contribution in [0.3, 0.4) is 0 Å². The molecule has 4 rings (SSSR count). The third-order valence-electron chi connectivity index (χ3n) is 5.64. The van der Waals surface area contributed by atoms with Gasteiger partial charge in [0.2, 0.25) is 0 Å². The lowest BCUT2D eigenvalue weighted by atomic mass is 10.1. The molecule has 3 aromatic carbocycles. The van der Waals surface area contributed by atoms with Crippen molar-refractivity contribution in [2.75, 3.05) is 41.0 Å². The molecule has 0 radical (unpaired) electrons. The minimum Gasteiger partial charge on any atom is -0.393 e. The largest absolute Gasteiger partial charge is 0.393 e. The number of rotatable bonds is 6. The Labute approximate surface area is 193 Å². The van der Waals surface area contributed by atoms with Crippen LogP contribution < -0.4 is 20.9 Å². The van der Waals surface area contributed by atoms with Gasteiger partial charge in [0.15, 0.2) is 0 Å². The lowest BCUT2D eigenvalue weighted by molar-refractivity contribution is 0.102. The number of anilines is 5. The van der Waals surface area contributed by atoms with E-state index in [1.807, 2.05) is 67.7 Å². The van der Waals surface area contributed by atoms with Gasteiger partial charge >= 0.3 is 0 Å². The van der Waals surface area contributed by atoms with Crippen molar-refractivity contribution in [3.63, 3.8) is 0 Å². The predicted octanol–water partition coefficient (Wildman–Crippen LogP) is 5.34. The summed E-state index contributed by atoms with van der Waals surface area (Å²) in [6.45, 7) is 1.65. The summed E-state index contributed by atoms with van der Waals surface area (Å²) in [5.41, 5.74) is 4.99. The van der Waals surface area contributed by atoms with E-state index in [-0.39, 0.29) is 12.0 Å². The Hall–Kier alpha value is -3.22. The van der Waals surface area contributed by atoms with Gasteiger partial charge in [-0.25, -0.2) is 0 Å². The van der Waals surface area contributed by atoms with Crippen molar-refractivity contribution in [1.82, 2.24) is 0 Å². The monoisotopic (exact) mass is 450 g/mol. The van der Waals surface area contributed by atoms with Gasteiger partial charge in [-0.05, 0) is 79.6 Å². The number of hydrogen-bond acceptors (Lipinski definition) is 5. The van der Waals surface area contributed by atoms with Gasteiger partial charge in [-0.2, -0.15) is 0 Å². The Morgan fingerprint density at radius 3 is 2.19 bits per heavy atom. The second kappa shape index (κ2) is 9.94. The predicted molar refractivity (Wildman–Crippen MR) is 133 cm³/mol. The fourth-order valence-electron chi connectivity index (χ4n) is 3.72. The minimum atomic E-state index is -0.205. The quantitative estimate of drug-likeness (QED) is 0.408. The summed E-state index contributed by atoms with van der Waals surface area (Å²) in [4.78, 5) is 14.9. The molecule has 7 heteroatoms. The molecule has 1 amide bonds. The van der Waals surface area contributed by atoms with Gasteiger partial charge in [0, 0.05) is 48.5 Å². The smallest absolute Gasteiger partial charge is 0.255 e. The zero-order valence-corrected chi connectivity index (χ0v) is 18.7. The van der Waals surface area contributed by atoms with E-state index in [1.165, 1.54) is 0 Å². The molecule has 1 saturated heterocycles. The van der Waals surface area contributed by atoms with Gasteiger partial charge in [0.1, 0.15) is 0 Å². The van der Waals surface area contributed by atoms with Crippen LogP contribution in [0.5, 0.6) is 0 Å². The van der Waals surface area contributed by atoms with E-state index in [1.54, 1.807) is 6.07 Å². The van der Waals surface area contributed by atoms with Crippen LogP contribution in [-0.4, -0.2) is 37.3 Å². The Morgan fingerprint density at radius 1 is 0.938 bits per heavy atom. The number of aliphatic hydroxyl groups excluding tert-OH is 1. The van der Waals surface area contributed by atoms with Gasteiger partial charge in [-0.3, -0.25) is 4.79 Å². The van der Waals surface area contributed by atoms with Gasteiger partial charge in [-0.1, -0.05) is 11.6 Å². The first-order chi connectivity index (χ1) is 15.5. The molecule has 6 nitrogen and oxygen atoms in total. The van der Waals surface area contributed by atoms with Crippen LogP contribution in [0, 0.1) is 0 Å². The molecule has 166 valence electrons. The fourth-order valence-corrected chi connectivity index (χ4v) is 3.95. The van der Waals surface area contributed by atoms with E-state index in [2.05, 4.69) is 20.9 Å². The average Bonchev–Trinajstić information content (AvgIpc) is 2.82. The van der Waals surface area contributed by atoms with E-state index in [0.717, 1.165) is 48.7 Å². The maximum atomic E-state index is 12.7. The van der Waals surface area contributed by atoms with E-state index < -0.39 is 0 Å². The number of benzene rings is 3. The van der Waals surface area contributed by atoms with Gasteiger partial charge in [-0.15, -0.1) is 0 Å². The van der Waals surface area contributed by atoms with Crippen molar-refractivity contribution in [3.05, 3.63) is 77.3 Å². The molecule has 0 unspecified atom stereocenters. The van der Waals surface area contributed by atoms with Crippen LogP contribution in [0.15, 0.2) is 66.7 Å². The molecular formula is C25H27ClN4O2. The van der Waals surface area contributed by atoms with E-state index in [0.29, 0.717) is 16.3 Å². The number of carbonyl (C=O) groups excluding carboxylic acids is 1. The SMILES string of the molecule is CNc1ccc(Nc2ccc(NC(=O)c3ccc(N4CCC(O)CC4)cc3)cc2Cl)cc1. The van der Waals surface area contributed by atoms with Gasteiger partial charge < -0.3 is 26.0 Å². The molecule has 0 spiro atoms. The number of nitrogens with zero attached hydrogens (tertiary/aromatic N) is 1. The van der Waals surface area contributed by atoms with Crippen LogP contribution >= 0.6 is 11.6 Å². The van der Waals surface area contributed by atoms with E-state index in [4.69, 9.17) is 11.6 Å². The lowest BCUT2D eigenvalue weighted by Gasteiger charge is -2.31. The Bertz CT molecular complexity index is 1060. The van der Waals surface area contributed by atoms with Gasteiger partial charge in [0.05, 0.1) is 16.8 Å². The molecule has 1 heterocycles. The van der Waals surface area contributed by atoms with Crippen LogP contribution in [0.2, 0.25) is 5.02 Å². The molecule has 4 N–H and O–H groups in total. The van der Waals surface area contributed by atoms with Crippen LogP contribution in [0.25, 0.3) is 0 Å². The van der Waals surface area contributed by atoms with Crippen molar-refractivity contribution in [2.45, 2.75) is 18.9 Å². The van der Waals surface area contributed by atoms with Crippen molar-refractivity contribution in [2.24, 2.45) is 0 Å². The number of carbonyl (C=O) groups is 1. The lowest BCUT2D eigenvalue weighted by Crippen LogP contribution is -2.35. The first-order valence-electron chi connectivity index (χ1n) is 10.7. The minimum absolute atomic E-state index is 0.190. The summed E-state index contributed by atoms with van der Waals surface area (Å²) >= 11 is 6.43. The summed E-state index contributed by atoms with van der Waals surface area (Å²) in [5, 5.41) is 19.5. The van der Waals surface area contributed by atoms with Crippen molar-refractivity contribution < 1.29 is 9.90 Å². The average molecular weight is 451 g/mol. The molecule has 0 atom stereocenters. The molecule has 0 saturated carbocycles. The maximum Gasteiger partial charge on any atom is 0.255 e. The van der Waals surface area contributed by atoms with Crippen molar-refractivity contribution >= 4 is 45.9 Å². The number of amides is 1. The van der Waals surface area contributed by atoms with Crippen molar-refractivity contribution in [3.8, 4) is 0 Å². The highest BCUT2D eigenvalue weighted by Crippen LogP contribution is 2.29. The van der Waals surface area contributed by atoms with Gasteiger partial charge in [0.25, 0.3) is 5.91 Å².